The van der Waals surface area contributed by atoms with Crippen LogP contribution in [-0.4, -0.2) is 25.3 Å². The molecule has 0 spiro atoms. The molecule has 132 valence electrons. The third-order valence-electron chi connectivity index (χ3n) is 5.81. The van der Waals surface area contributed by atoms with Crippen LogP contribution >= 0.6 is 0 Å². The Morgan fingerprint density at radius 3 is 2.62 bits per heavy atom. The van der Waals surface area contributed by atoms with Gasteiger partial charge in [0.25, 0.3) is 0 Å². The Bertz CT molecular complexity index is 580. The summed E-state index contributed by atoms with van der Waals surface area (Å²) in [5, 5.41) is 0. The summed E-state index contributed by atoms with van der Waals surface area (Å²) in [5.74, 6) is 1.19. The van der Waals surface area contributed by atoms with Crippen LogP contribution in [0.2, 0.25) is 0 Å². The Balaban J connectivity index is 1.54. The quantitative estimate of drug-likeness (QED) is 0.596. The van der Waals surface area contributed by atoms with Crippen molar-refractivity contribution in [3.63, 3.8) is 0 Å². The molecule has 0 N–H and O–H groups in total. The topological polar surface area (TPSA) is 48.1 Å². The molecule has 2 unspecified atom stereocenters. The van der Waals surface area contributed by atoms with Gasteiger partial charge in [0.15, 0.2) is 6.10 Å². The SMILES string of the molecule is COc1ccc([C@@H]2O[C@H]2C(=O)OC2CCCC(C)(C(C)C)C2)cc1. The van der Waals surface area contributed by atoms with E-state index in [0.717, 1.165) is 30.6 Å². The van der Waals surface area contributed by atoms with E-state index in [4.69, 9.17) is 14.2 Å². The Morgan fingerprint density at radius 2 is 2.00 bits per heavy atom. The van der Waals surface area contributed by atoms with Crippen molar-refractivity contribution in [3.8, 4) is 5.75 Å². The van der Waals surface area contributed by atoms with Crippen LogP contribution in [0.5, 0.6) is 5.75 Å². The van der Waals surface area contributed by atoms with E-state index in [2.05, 4.69) is 20.8 Å². The molecule has 1 aliphatic carbocycles. The number of carbonyl (C=O) groups excluding carboxylic acids is 1. The fourth-order valence-corrected chi connectivity index (χ4v) is 3.65. The van der Waals surface area contributed by atoms with E-state index >= 15 is 0 Å². The summed E-state index contributed by atoms with van der Waals surface area (Å²) in [6.45, 7) is 6.83. The van der Waals surface area contributed by atoms with Crippen LogP contribution in [0.4, 0.5) is 0 Å². The second kappa shape index (κ2) is 6.75. The molecule has 1 heterocycles. The van der Waals surface area contributed by atoms with Gasteiger partial charge in [0.1, 0.15) is 18.0 Å². The zero-order valence-corrected chi connectivity index (χ0v) is 15.1. The van der Waals surface area contributed by atoms with Gasteiger partial charge in [0, 0.05) is 0 Å². The highest BCUT2D eigenvalue weighted by molar-refractivity contribution is 5.78. The Hall–Kier alpha value is -1.55. The fraction of sp³-hybridized carbons (Fsp3) is 0.650. The second-order valence-corrected chi connectivity index (χ2v) is 7.71. The molecule has 0 amide bonds. The standard InChI is InChI=1S/C20H28O4/c1-13(2)20(3)11-5-6-16(12-20)23-19(21)18-17(24-18)14-7-9-15(22-4)10-8-14/h7-10,13,16-18H,5-6,11-12H2,1-4H3/t16?,17-,18+,20?/m0/s1. The van der Waals surface area contributed by atoms with E-state index in [1.165, 1.54) is 6.42 Å². The maximum atomic E-state index is 12.4. The first-order chi connectivity index (χ1) is 11.4. The summed E-state index contributed by atoms with van der Waals surface area (Å²) in [7, 11) is 1.64. The van der Waals surface area contributed by atoms with Crippen molar-refractivity contribution in [1.29, 1.82) is 0 Å². The number of methoxy groups -OCH3 is 1. The first-order valence-corrected chi connectivity index (χ1v) is 8.93. The number of epoxide rings is 1. The van der Waals surface area contributed by atoms with E-state index in [1.54, 1.807) is 7.11 Å². The van der Waals surface area contributed by atoms with Crippen molar-refractivity contribution in [2.24, 2.45) is 11.3 Å². The van der Waals surface area contributed by atoms with Crippen molar-refractivity contribution in [3.05, 3.63) is 29.8 Å². The van der Waals surface area contributed by atoms with Gasteiger partial charge in [0.2, 0.25) is 0 Å². The van der Waals surface area contributed by atoms with Gasteiger partial charge in [-0.25, -0.2) is 4.79 Å². The van der Waals surface area contributed by atoms with Crippen molar-refractivity contribution in [2.75, 3.05) is 7.11 Å². The van der Waals surface area contributed by atoms with Gasteiger partial charge in [-0.3, -0.25) is 0 Å². The van der Waals surface area contributed by atoms with Crippen molar-refractivity contribution in [1.82, 2.24) is 0 Å². The Labute approximate surface area is 144 Å². The van der Waals surface area contributed by atoms with Gasteiger partial charge in [-0.05, 0) is 54.7 Å². The molecule has 1 aromatic carbocycles. The molecule has 2 aliphatic rings. The summed E-state index contributed by atoms with van der Waals surface area (Å²) in [6.07, 6.45) is 3.66. The van der Waals surface area contributed by atoms with Crippen molar-refractivity contribution in [2.45, 2.75) is 64.8 Å². The summed E-state index contributed by atoms with van der Waals surface area (Å²) in [4.78, 5) is 12.4. The molecule has 1 saturated carbocycles. The molecule has 1 aromatic rings. The molecule has 0 bridgehead atoms. The van der Waals surface area contributed by atoms with E-state index in [9.17, 15) is 4.79 Å². The van der Waals surface area contributed by atoms with Crippen molar-refractivity contribution >= 4 is 5.97 Å². The van der Waals surface area contributed by atoms with E-state index in [-0.39, 0.29) is 23.6 Å². The number of benzene rings is 1. The number of hydrogen-bond donors (Lipinski definition) is 0. The highest BCUT2D eigenvalue weighted by Crippen LogP contribution is 2.44. The molecule has 0 radical (unpaired) electrons. The maximum absolute atomic E-state index is 12.4. The third-order valence-corrected chi connectivity index (χ3v) is 5.81. The van der Waals surface area contributed by atoms with Crippen LogP contribution in [0.15, 0.2) is 24.3 Å². The summed E-state index contributed by atoms with van der Waals surface area (Å²) >= 11 is 0. The van der Waals surface area contributed by atoms with Crippen LogP contribution in [0, 0.1) is 11.3 Å². The minimum absolute atomic E-state index is 0.0272. The molecule has 4 atom stereocenters. The molecular formula is C20H28O4. The number of carbonyl (C=O) groups is 1. The van der Waals surface area contributed by atoms with Crippen LogP contribution in [-0.2, 0) is 14.3 Å². The molecule has 4 nitrogen and oxygen atoms in total. The molecule has 1 aliphatic heterocycles. The zero-order chi connectivity index (χ0) is 17.3. The smallest absolute Gasteiger partial charge is 0.338 e. The molecule has 2 fully saturated rings. The Kier molecular flexibility index (Phi) is 4.86. The first-order valence-electron chi connectivity index (χ1n) is 8.93. The Morgan fingerprint density at radius 1 is 1.29 bits per heavy atom. The van der Waals surface area contributed by atoms with Gasteiger partial charge >= 0.3 is 5.97 Å². The van der Waals surface area contributed by atoms with Crippen molar-refractivity contribution < 1.29 is 19.0 Å². The minimum Gasteiger partial charge on any atom is -0.497 e. The number of rotatable bonds is 5. The zero-order valence-electron chi connectivity index (χ0n) is 15.1. The normalized spacial score (nSPS) is 32.5. The van der Waals surface area contributed by atoms with Gasteiger partial charge in [-0.2, -0.15) is 0 Å². The summed E-state index contributed by atoms with van der Waals surface area (Å²) in [5.41, 5.74) is 1.26. The van der Waals surface area contributed by atoms with Gasteiger partial charge in [-0.1, -0.05) is 32.9 Å². The maximum Gasteiger partial charge on any atom is 0.338 e. The average molecular weight is 332 g/mol. The lowest BCUT2D eigenvalue weighted by atomic mass is 9.67. The van der Waals surface area contributed by atoms with Gasteiger partial charge < -0.3 is 14.2 Å². The summed E-state index contributed by atoms with van der Waals surface area (Å²) in [6, 6.07) is 7.64. The first kappa shape index (κ1) is 17.3. The van der Waals surface area contributed by atoms with Crippen LogP contribution in [0.25, 0.3) is 0 Å². The van der Waals surface area contributed by atoms with Crippen LogP contribution in [0.1, 0.15) is 58.1 Å². The lowest BCUT2D eigenvalue weighted by Gasteiger charge is -2.40. The highest BCUT2D eigenvalue weighted by Gasteiger charge is 2.48. The van der Waals surface area contributed by atoms with Gasteiger partial charge in [-0.15, -0.1) is 0 Å². The van der Waals surface area contributed by atoms with E-state index in [0.29, 0.717) is 5.92 Å². The molecule has 1 saturated heterocycles. The molecule has 4 heteroatoms. The lowest BCUT2D eigenvalue weighted by molar-refractivity contribution is -0.154. The van der Waals surface area contributed by atoms with E-state index < -0.39 is 6.10 Å². The number of esters is 1. The molecule has 0 aromatic heterocycles. The number of ether oxygens (including phenoxy) is 3. The average Bonchev–Trinajstić information content (AvgIpc) is 3.36. The monoisotopic (exact) mass is 332 g/mol. The van der Waals surface area contributed by atoms with Gasteiger partial charge in [0.05, 0.1) is 7.11 Å². The third kappa shape index (κ3) is 3.59. The van der Waals surface area contributed by atoms with E-state index in [1.807, 2.05) is 24.3 Å². The lowest BCUT2D eigenvalue weighted by Crippen LogP contribution is -2.36. The molecular weight excluding hydrogens is 304 g/mol. The highest BCUT2D eigenvalue weighted by atomic mass is 16.6. The predicted molar refractivity (Wildman–Crippen MR) is 91.9 cm³/mol. The number of hydrogen-bond acceptors (Lipinski definition) is 4. The minimum atomic E-state index is -0.453. The predicted octanol–water partition coefficient (Wildman–Crippen LogP) is 4.28. The fourth-order valence-electron chi connectivity index (χ4n) is 3.65. The second-order valence-electron chi connectivity index (χ2n) is 7.71. The molecule has 3 rings (SSSR count). The summed E-state index contributed by atoms with van der Waals surface area (Å²) < 4.78 is 16.5. The van der Waals surface area contributed by atoms with Crippen LogP contribution < -0.4 is 4.74 Å². The largest absolute Gasteiger partial charge is 0.497 e. The molecule has 24 heavy (non-hydrogen) atoms. The van der Waals surface area contributed by atoms with Crippen LogP contribution in [0.3, 0.4) is 0 Å².